The number of hydrazone groups is 1. The molecule has 3 rings (SSSR count). The Morgan fingerprint density at radius 1 is 1.11 bits per heavy atom. The number of aryl methyl sites for hydroxylation is 2. The Balaban J connectivity index is 1.62. The van der Waals surface area contributed by atoms with E-state index in [1.807, 2.05) is 32.0 Å². The first-order valence-corrected chi connectivity index (χ1v) is 8.74. The number of carbonyl (C=O) groups is 2. The molecular weight excluding hydrogens is 356 g/mol. The lowest BCUT2D eigenvalue weighted by Crippen LogP contribution is -2.20. The van der Waals surface area contributed by atoms with Crippen molar-refractivity contribution in [2.75, 3.05) is 0 Å². The Hall–Kier alpha value is -3.67. The molecule has 0 saturated carbocycles. The largest absolute Gasteiger partial charge is 0.478 e. The number of amides is 1. The molecule has 6 heteroatoms. The molecule has 28 heavy (non-hydrogen) atoms. The Labute approximate surface area is 162 Å². The van der Waals surface area contributed by atoms with Gasteiger partial charge < -0.3 is 9.52 Å². The van der Waals surface area contributed by atoms with Crippen LogP contribution in [0, 0.1) is 13.8 Å². The minimum Gasteiger partial charge on any atom is -0.478 e. The number of furan rings is 1. The second kappa shape index (κ2) is 8.35. The summed E-state index contributed by atoms with van der Waals surface area (Å²) in [5, 5.41) is 13.0. The first-order valence-electron chi connectivity index (χ1n) is 8.74. The number of benzene rings is 2. The molecular formula is C22H20N2O4. The first kappa shape index (κ1) is 19.1. The number of hydrogen-bond donors (Lipinski definition) is 2. The highest BCUT2D eigenvalue weighted by atomic mass is 16.4. The highest BCUT2D eigenvalue weighted by Gasteiger charge is 2.08. The average molecular weight is 376 g/mol. The molecule has 0 aliphatic heterocycles. The van der Waals surface area contributed by atoms with Gasteiger partial charge in [0.15, 0.2) is 0 Å². The van der Waals surface area contributed by atoms with Crippen LogP contribution in [0.4, 0.5) is 0 Å². The maximum absolute atomic E-state index is 12.1. The van der Waals surface area contributed by atoms with Crippen molar-refractivity contribution in [2.24, 2.45) is 5.10 Å². The fourth-order valence-electron chi connectivity index (χ4n) is 2.81. The van der Waals surface area contributed by atoms with Crippen LogP contribution < -0.4 is 5.43 Å². The van der Waals surface area contributed by atoms with Gasteiger partial charge in [-0.3, -0.25) is 4.79 Å². The van der Waals surface area contributed by atoms with Gasteiger partial charge in [0.05, 0.1) is 18.2 Å². The monoisotopic (exact) mass is 376 g/mol. The van der Waals surface area contributed by atoms with Crippen LogP contribution in [0.15, 0.2) is 64.1 Å². The molecule has 0 atom stereocenters. The first-order chi connectivity index (χ1) is 13.4. The average Bonchev–Trinajstić information content (AvgIpc) is 3.13. The van der Waals surface area contributed by atoms with Gasteiger partial charge in [0.1, 0.15) is 11.5 Å². The topological polar surface area (TPSA) is 91.9 Å². The summed E-state index contributed by atoms with van der Waals surface area (Å²) in [5.41, 5.74) is 6.50. The van der Waals surface area contributed by atoms with Crippen molar-refractivity contribution < 1.29 is 19.1 Å². The zero-order chi connectivity index (χ0) is 20.1. The number of carboxylic acid groups (broad SMARTS) is 1. The van der Waals surface area contributed by atoms with Gasteiger partial charge in [-0.15, -0.1) is 0 Å². The van der Waals surface area contributed by atoms with Gasteiger partial charge in [0.2, 0.25) is 5.91 Å². The Morgan fingerprint density at radius 2 is 1.93 bits per heavy atom. The van der Waals surface area contributed by atoms with Crippen LogP contribution in [-0.4, -0.2) is 23.2 Å². The summed E-state index contributed by atoms with van der Waals surface area (Å²) in [4.78, 5) is 23.1. The summed E-state index contributed by atoms with van der Waals surface area (Å²) < 4.78 is 5.64. The zero-order valence-electron chi connectivity index (χ0n) is 15.6. The van der Waals surface area contributed by atoms with E-state index < -0.39 is 5.97 Å². The molecule has 142 valence electrons. The van der Waals surface area contributed by atoms with Crippen molar-refractivity contribution >= 4 is 18.1 Å². The van der Waals surface area contributed by atoms with E-state index in [0.29, 0.717) is 17.1 Å². The SMILES string of the molecule is Cc1ccc(CC(=O)N/N=C\c2ccc(-c3cccc(C(=O)O)c3)o2)c(C)c1. The van der Waals surface area contributed by atoms with Crippen molar-refractivity contribution in [3.63, 3.8) is 0 Å². The molecule has 0 aliphatic rings. The van der Waals surface area contributed by atoms with Gasteiger partial charge in [-0.1, -0.05) is 35.9 Å². The predicted molar refractivity (Wildman–Crippen MR) is 106 cm³/mol. The highest BCUT2D eigenvalue weighted by Crippen LogP contribution is 2.22. The highest BCUT2D eigenvalue weighted by molar-refractivity contribution is 5.89. The number of carboxylic acids is 1. The molecule has 0 radical (unpaired) electrons. The summed E-state index contributed by atoms with van der Waals surface area (Å²) in [5.74, 6) is -0.250. The maximum atomic E-state index is 12.1. The second-order valence-corrected chi connectivity index (χ2v) is 6.49. The van der Waals surface area contributed by atoms with Crippen LogP contribution >= 0.6 is 0 Å². The number of nitrogens with zero attached hydrogens (tertiary/aromatic N) is 1. The van der Waals surface area contributed by atoms with Gasteiger partial charge in [-0.25, -0.2) is 10.2 Å². The third-order valence-electron chi connectivity index (χ3n) is 4.25. The second-order valence-electron chi connectivity index (χ2n) is 6.49. The lowest BCUT2D eigenvalue weighted by molar-refractivity contribution is -0.120. The zero-order valence-corrected chi connectivity index (χ0v) is 15.6. The van der Waals surface area contributed by atoms with Gasteiger partial charge >= 0.3 is 5.97 Å². The van der Waals surface area contributed by atoms with E-state index in [1.165, 1.54) is 18.3 Å². The van der Waals surface area contributed by atoms with Crippen LogP contribution in [0.3, 0.4) is 0 Å². The third-order valence-corrected chi connectivity index (χ3v) is 4.25. The maximum Gasteiger partial charge on any atom is 0.335 e. The van der Waals surface area contributed by atoms with E-state index in [1.54, 1.807) is 24.3 Å². The van der Waals surface area contributed by atoms with Crippen LogP contribution in [0.25, 0.3) is 11.3 Å². The molecule has 0 fully saturated rings. The minimum absolute atomic E-state index is 0.183. The Morgan fingerprint density at radius 3 is 2.68 bits per heavy atom. The molecule has 0 unspecified atom stereocenters. The summed E-state index contributed by atoms with van der Waals surface area (Å²) in [6.07, 6.45) is 1.65. The van der Waals surface area contributed by atoms with Gasteiger partial charge in [-0.05, 0) is 49.2 Å². The van der Waals surface area contributed by atoms with Crippen LogP contribution in [-0.2, 0) is 11.2 Å². The summed E-state index contributed by atoms with van der Waals surface area (Å²) >= 11 is 0. The Kier molecular flexibility index (Phi) is 5.69. The van der Waals surface area contributed by atoms with E-state index in [-0.39, 0.29) is 17.9 Å². The quantitative estimate of drug-likeness (QED) is 0.503. The molecule has 0 bridgehead atoms. The van der Waals surface area contributed by atoms with Crippen molar-refractivity contribution in [3.8, 4) is 11.3 Å². The fraction of sp³-hybridized carbons (Fsp3) is 0.136. The number of rotatable bonds is 6. The van der Waals surface area contributed by atoms with Crippen molar-refractivity contribution in [2.45, 2.75) is 20.3 Å². The molecule has 0 saturated heterocycles. The Bertz CT molecular complexity index is 1050. The molecule has 3 aromatic rings. The van der Waals surface area contributed by atoms with E-state index in [2.05, 4.69) is 10.5 Å². The molecule has 1 aromatic heterocycles. The predicted octanol–water partition coefficient (Wildman–Crippen LogP) is 3.95. The lowest BCUT2D eigenvalue weighted by Gasteiger charge is -2.05. The van der Waals surface area contributed by atoms with E-state index in [0.717, 1.165) is 16.7 Å². The summed E-state index contributed by atoms with van der Waals surface area (Å²) in [6, 6.07) is 15.8. The number of carbonyl (C=O) groups excluding carboxylic acids is 1. The molecule has 0 aliphatic carbocycles. The molecule has 0 spiro atoms. The van der Waals surface area contributed by atoms with Gasteiger partial charge in [-0.2, -0.15) is 5.10 Å². The van der Waals surface area contributed by atoms with Gasteiger partial charge in [0, 0.05) is 5.56 Å². The number of aromatic carboxylic acids is 1. The smallest absolute Gasteiger partial charge is 0.335 e. The standard InChI is InChI=1S/C22H20N2O4/c1-14-6-7-16(15(2)10-14)12-21(25)24-23-13-19-8-9-20(28-19)17-4-3-5-18(11-17)22(26)27/h3-11,13H,12H2,1-2H3,(H,24,25)(H,26,27)/b23-13-. The van der Waals surface area contributed by atoms with E-state index >= 15 is 0 Å². The van der Waals surface area contributed by atoms with Crippen molar-refractivity contribution in [1.29, 1.82) is 0 Å². The van der Waals surface area contributed by atoms with Crippen molar-refractivity contribution in [1.82, 2.24) is 5.43 Å². The van der Waals surface area contributed by atoms with Crippen LogP contribution in [0.2, 0.25) is 0 Å². The van der Waals surface area contributed by atoms with Crippen molar-refractivity contribution in [3.05, 3.63) is 82.6 Å². The minimum atomic E-state index is -0.998. The summed E-state index contributed by atoms with van der Waals surface area (Å²) in [6.45, 7) is 3.99. The lowest BCUT2D eigenvalue weighted by atomic mass is 10.0. The number of hydrogen-bond acceptors (Lipinski definition) is 4. The molecule has 1 heterocycles. The molecule has 2 aromatic carbocycles. The van der Waals surface area contributed by atoms with E-state index in [4.69, 9.17) is 9.52 Å². The fourth-order valence-corrected chi connectivity index (χ4v) is 2.81. The van der Waals surface area contributed by atoms with Crippen LogP contribution in [0.5, 0.6) is 0 Å². The number of nitrogens with one attached hydrogen (secondary N) is 1. The molecule has 1 amide bonds. The normalized spacial score (nSPS) is 10.9. The van der Waals surface area contributed by atoms with E-state index in [9.17, 15) is 9.59 Å². The van der Waals surface area contributed by atoms with Gasteiger partial charge in [0.25, 0.3) is 0 Å². The summed E-state index contributed by atoms with van der Waals surface area (Å²) in [7, 11) is 0. The third kappa shape index (κ3) is 4.73. The molecule has 6 nitrogen and oxygen atoms in total. The molecule has 2 N–H and O–H groups in total. The van der Waals surface area contributed by atoms with Crippen LogP contribution in [0.1, 0.15) is 32.8 Å².